The largest absolute Gasteiger partial charge is 0.365 e. The van der Waals surface area contributed by atoms with Gasteiger partial charge >= 0.3 is 0 Å². The molecule has 0 bridgehead atoms. The highest BCUT2D eigenvalue weighted by molar-refractivity contribution is 4.97. The molecule has 11 heavy (non-hydrogen) atoms. The van der Waals surface area contributed by atoms with E-state index in [-0.39, 0.29) is 0 Å². The second kappa shape index (κ2) is 4.55. The van der Waals surface area contributed by atoms with Crippen LogP contribution >= 0.6 is 0 Å². The molecule has 0 saturated carbocycles. The topological polar surface area (TPSA) is 12.5 Å². The first-order valence-corrected chi connectivity index (χ1v) is 4.66. The van der Waals surface area contributed by atoms with Crippen molar-refractivity contribution in [3.05, 3.63) is 12.7 Å². The summed E-state index contributed by atoms with van der Waals surface area (Å²) in [5.74, 6) is 0. The summed E-state index contributed by atoms with van der Waals surface area (Å²) in [6, 6.07) is 0. The Balaban J connectivity index is 1.85. The molecular formula is C10H18O. The van der Waals surface area contributed by atoms with Crippen molar-refractivity contribution in [3.8, 4) is 0 Å². The first kappa shape index (κ1) is 8.79. The molecule has 1 nitrogen and oxygen atoms in total. The molecule has 0 aliphatic carbocycles. The Morgan fingerprint density at radius 1 is 1.36 bits per heavy atom. The standard InChI is InChI=1S/C10H18O/c1-3-5-6-7-8-10-9(4-2)11-10/h4,9-10H,2-3,5-8H2,1H3/t9-,10-/m0/s1. The zero-order valence-electron chi connectivity index (χ0n) is 7.38. The zero-order valence-corrected chi connectivity index (χ0v) is 7.38. The van der Waals surface area contributed by atoms with E-state index in [9.17, 15) is 0 Å². The molecule has 1 rings (SSSR count). The van der Waals surface area contributed by atoms with Gasteiger partial charge in [-0.15, -0.1) is 6.58 Å². The molecule has 1 aliphatic heterocycles. The first-order chi connectivity index (χ1) is 5.38. The molecule has 0 aromatic carbocycles. The third kappa shape index (κ3) is 3.06. The Bertz CT molecular complexity index is 120. The van der Waals surface area contributed by atoms with Crippen LogP contribution in [-0.2, 0) is 4.74 Å². The minimum absolute atomic E-state index is 0.386. The van der Waals surface area contributed by atoms with Crippen LogP contribution in [-0.4, -0.2) is 12.2 Å². The van der Waals surface area contributed by atoms with Gasteiger partial charge in [0.15, 0.2) is 0 Å². The minimum Gasteiger partial charge on any atom is -0.365 e. The molecular weight excluding hydrogens is 136 g/mol. The van der Waals surface area contributed by atoms with Gasteiger partial charge in [0.2, 0.25) is 0 Å². The van der Waals surface area contributed by atoms with Crippen molar-refractivity contribution >= 4 is 0 Å². The number of rotatable bonds is 6. The van der Waals surface area contributed by atoms with Gasteiger partial charge in [-0.1, -0.05) is 38.7 Å². The summed E-state index contributed by atoms with van der Waals surface area (Å²) in [5, 5.41) is 0. The van der Waals surface area contributed by atoms with Crippen molar-refractivity contribution in [2.24, 2.45) is 0 Å². The Hall–Kier alpha value is -0.300. The molecule has 0 N–H and O–H groups in total. The summed E-state index contributed by atoms with van der Waals surface area (Å²) in [4.78, 5) is 0. The van der Waals surface area contributed by atoms with Crippen LogP contribution in [0.4, 0.5) is 0 Å². The van der Waals surface area contributed by atoms with Gasteiger partial charge in [0.25, 0.3) is 0 Å². The lowest BCUT2D eigenvalue weighted by Gasteiger charge is -1.94. The molecule has 1 heteroatoms. The van der Waals surface area contributed by atoms with Crippen LogP contribution in [0.3, 0.4) is 0 Å². The van der Waals surface area contributed by atoms with Crippen molar-refractivity contribution in [1.29, 1.82) is 0 Å². The van der Waals surface area contributed by atoms with Gasteiger partial charge in [-0.05, 0) is 6.42 Å². The van der Waals surface area contributed by atoms with E-state index < -0.39 is 0 Å². The highest BCUT2D eigenvalue weighted by Gasteiger charge is 2.34. The number of unbranched alkanes of at least 4 members (excludes halogenated alkanes) is 3. The van der Waals surface area contributed by atoms with Crippen LogP contribution in [0.15, 0.2) is 12.7 Å². The average Bonchev–Trinajstić information content (AvgIpc) is 2.77. The summed E-state index contributed by atoms with van der Waals surface area (Å²) in [6.45, 7) is 5.93. The molecule has 64 valence electrons. The van der Waals surface area contributed by atoms with Gasteiger partial charge in [-0.3, -0.25) is 0 Å². The smallest absolute Gasteiger partial charge is 0.102 e. The molecule has 0 aromatic heterocycles. The Morgan fingerprint density at radius 2 is 2.18 bits per heavy atom. The van der Waals surface area contributed by atoms with E-state index in [0.29, 0.717) is 12.2 Å². The fraction of sp³-hybridized carbons (Fsp3) is 0.800. The SMILES string of the molecule is C=C[C@@H]1O[C@H]1CCCCCC. The summed E-state index contributed by atoms with van der Waals surface area (Å²) in [6.07, 6.45) is 9.41. The quantitative estimate of drug-likeness (QED) is 0.325. The molecule has 2 atom stereocenters. The van der Waals surface area contributed by atoms with Gasteiger partial charge < -0.3 is 4.74 Å². The van der Waals surface area contributed by atoms with Gasteiger partial charge in [0, 0.05) is 0 Å². The molecule has 0 amide bonds. The molecule has 0 unspecified atom stereocenters. The van der Waals surface area contributed by atoms with E-state index in [1.165, 1.54) is 32.1 Å². The minimum atomic E-state index is 0.386. The van der Waals surface area contributed by atoms with Gasteiger partial charge in [0.1, 0.15) is 6.10 Å². The van der Waals surface area contributed by atoms with Gasteiger partial charge in [0.05, 0.1) is 6.10 Å². The van der Waals surface area contributed by atoms with E-state index in [1.807, 2.05) is 6.08 Å². The molecule has 1 heterocycles. The Kier molecular flexibility index (Phi) is 3.64. The van der Waals surface area contributed by atoms with Crippen LogP contribution in [0.25, 0.3) is 0 Å². The maximum Gasteiger partial charge on any atom is 0.102 e. The third-order valence-corrected chi connectivity index (χ3v) is 2.20. The molecule has 1 aliphatic rings. The third-order valence-electron chi connectivity index (χ3n) is 2.20. The molecule has 0 aromatic rings. The summed E-state index contributed by atoms with van der Waals surface area (Å²) in [7, 11) is 0. The predicted molar refractivity (Wildman–Crippen MR) is 47.6 cm³/mol. The van der Waals surface area contributed by atoms with Crippen molar-refractivity contribution < 1.29 is 4.74 Å². The van der Waals surface area contributed by atoms with Crippen molar-refractivity contribution in [2.75, 3.05) is 0 Å². The van der Waals surface area contributed by atoms with Gasteiger partial charge in [-0.2, -0.15) is 0 Å². The lowest BCUT2D eigenvalue weighted by molar-refractivity contribution is 0.373. The van der Waals surface area contributed by atoms with Crippen LogP contribution in [0, 0.1) is 0 Å². The van der Waals surface area contributed by atoms with Crippen molar-refractivity contribution in [2.45, 2.75) is 51.2 Å². The van der Waals surface area contributed by atoms with Crippen LogP contribution < -0.4 is 0 Å². The Labute approximate surface area is 69.4 Å². The molecule has 1 fully saturated rings. The van der Waals surface area contributed by atoms with Crippen molar-refractivity contribution in [3.63, 3.8) is 0 Å². The first-order valence-electron chi connectivity index (χ1n) is 4.66. The Morgan fingerprint density at radius 3 is 2.73 bits per heavy atom. The number of hydrogen-bond acceptors (Lipinski definition) is 1. The van der Waals surface area contributed by atoms with E-state index >= 15 is 0 Å². The zero-order chi connectivity index (χ0) is 8.10. The summed E-state index contributed by atoms with van der Waals surface area (Å²) in [5.41, 5.74) is 0. The molecule has 1 saturated heterocycles. The van der Waals surface area contributed by atoms with Crippen LogP contribution in [0.2, 0.25) is 0 Å². The fourth-order valence-electron chi connectivity index (χ4n) is 1.37. The van der Waals surface area contributed by atoms with Crippen LogP contribution in [0.5, 0.6) is 0 Å². The van der Waals surface area contributed by atoms with Gasteiger partial charge in [-0.25, -0.2) is 0 Å². The van der Waals surface area contributed by atoms with E-state index in [2.05, 4.69) is 13.5 Å². The fourth-order valence-corrected chi connectivity index (χ4v) is 1.37. The van der Waals surface area contributed by atoms with Crippen LogP contribution in [0.1, 0.15) is 39.0 Å². The second-order valence-electron chi connectivity index (χ2n) is 3.22. The number of ether oxygens (including phenoxy) is 1. The second-order valence-corrected chi connectivity index (χ2v) is 3.22. The van der Waals surface area contributed by atoms with Crippen molar-refractivity contribution in [1.82, 2.24) is 0 Å². The normalized spacial score (nSPS) is 28.5. The maximum atomic E-state index is 5.33. The number of epoxide rings is 1. The van der Waals surface area contributed by atoms with E-state index in [1.54, 1.807) is 0 Å². The molecule has 0 radical (unpaired) electrons. The van der Waals surface area contributed by atoms with E-state index in [4.69, 9.17) is 4.74 Å². The highest BCUT2D eigenvalue weighted by Crippen LogP contribution is 2.27. The summed E-state index contributed by atoms with van der Waals surface area (Å²) >= 11 is 0. The average molecular weight is 154 g/mol. The molecule has 0 spiro atoms. The lowest BCUT2D eigenvalue weighted by Crippen LogP contribution is -1.89. The predicted octanol–water partition coefficient (Wildman–Crippen LogP) is 2.91. The maximum absolute atomic E-state index is 5.33. The lowest BCUT2D eigenvalue weighted by atomic mass is 10.1. The highest BCUT2D eigenvalue weighted by atomic mass is 16.6. The summed E-state index contributed by atoms with van der Waals surface area (Å²) < 4.78 is 5.33. The number of hydrogen-bond donors (Lipinski definition) is 0. The monoisotopic (exact) mass is 154 g/mol. The van der Waals surface area contributed by atoms with E-state index in [0.717, 1.165) is 0 Å².